The van der Waals surface area contributed by atoms with E-state index in [9.17, 15) is 0 Å². The van der Waals surface area contributed by atoms with Crippen molar-refractivity contribution in [2.24, 2.45) is 5.73 Å². The fraction of sp³-hybridized carbons (Fsp3) is 0.667. The Balaban J connectivity index is 2.59. The first-order valence-electron chi connectivity index (χ1n) is 3.46. The Labute approximate surface area is 60.0 Å². The van der Waals surface area contributed by atoms with Crippen molar-refractivity contribution in [2.45, 2.75) is 19.9 Å². The molecule has 4 nitrogen and oxygen atoms in total. The van der Waals surface area contributed by atoms with Gasteiger partial charge in [-0.05, 0) is 6.42 Å². The van der Waals surface area contributed by atoms with Crippen LogP contribution in [0.3, 0.4) is 0 Å². The van der Waals surface area contributed by atoms with Crippen LogP contribution < -0.4 is 5.73 Å². The van der Waals surface area contributed by atoms with Gasteiger partial charge >= 0.3 is 0 Å². The van der Waals surface area contributed by atoms with E-state index in [1.165, 1.54) is 0 Å². The van der Waals surface area contributed by atoms with E-state index in [4.69, 9.17) is 5.73 Å². The molecule has 2 N–H and O–H groups in total. The molecular formula is C6H12N4. The molecule has 0 atom stereocenters. The monoisotopic (exact) mass is 140 g/mol. The van der Waals surface area contributed by atoms with Gasteiger partial charge in [-0.15, -0.1) is 5.10 Å². The highest BCUT2D eigenvalue weighted by molar-refractivity contribution is 4.90. The minimum Gasteiger partial charge on any atom is -0.329 e. The van der Waals surface area contributed by atoms with E-state index < -0.39 is 0 Å². The molecule has 1 heterocycles. The molecule has 0 radical (unpaired) electrons. The first kappa shape index (κ1) is 7.21. The smallest absolute Gasteiger partial charge is 0.0824 e. The van der Waals surface area contributed by atoms with Gasteiger partial charge in [0.1, 0.15) is 0 Å². The molecule has 0 aliphatic carbocycles. The molecule has 0 amide bonds. The molecule has 0 unspecified atom stereocenters. The number of hydrogen-bond acceptors (Lipinski definition) is 3. The van der Waals surface area contributed by atoms with Gasteiger partial charge in [-0.1, -0.05) is 12.1 Å². The lowest BCUT2D eigenvalue weighted by Gasteiger charge is -1.91. The largest absolute Gasteiger partial charge is 0.329 e. The third-order valence-corrected chi connectivity index (χ3v) is 1.31. The molecule has 1 aromatic heterocycles. The molecule has 0 spiro atoms. The Kier molecular flexibility index (Phi) is 2.39. The summed E-state index contributed by atoms with van der Waals surface area (Å²) in [6.07, 6.45) is 2.86. The van der Waals surface area contributed by atoms with Gasteiger partial charge in [0, 0.05) is 12.7 Å². The van der Waals surface area contributed by atoms with Crippen LogP contribution in [0.2, 0.25) is 0 Å². The average Bonchev–Trinajstić information content (AvgIpc) is 2.37. The van der Waals surface area contributed by atoms with Gasteiger partial charge in [0.05, 0.1) is 12.2 Å². The summed E-state index contributed by atoms with van der Waals surface area (Å²) in [5.41, 5.74) is 6.34. The SMILES string of the molecule is CCc1cn(CCN)nn1. The predicted molar refractivity (Wildman–Crippen MR) is 38.5 cm³/mol. The van der Waals surface area contributed by atoms with Crippen molar-refractivity contribution in [1.82, 2.24) is 15.0 Å². The van der Waals surface area contributed by atoms with Crippen molar-refractivity contribution in [3.63, 3.8) is 0 Å². The molecular weight excluding hydrogens is 128 g/mol. The van der Waals surface area contributed by atoms with Gasteiger partial charge < -0.3 is 5.73 Å². The highest BCUT2D eigenvalue weighted by atomic mass is 15.4. The first-order chi connectivity index (χ1) is 4.86. The molecule has 56 valence electrons. The third kappa shape index (κ3) is 1.54. The summed E-state index contributed by atoms with van der Waals surface area (Å²) in [4.78, 5) is 0. The van der Waals surface area contributed by atoms with E-state index in [2.05, 4.69) is 17.2 Å². The van der Waals surface area contributed by atoms with E-state index in [1.807, 2.05) is 6.20 Å². The van der Waals surface area contributed by atoms with Gasteiger partial charge in [-0.3, -0.25) is 4.68 Å². The van der Waals surface area contributed by atoms with Gasteiger partial charge in [0.2, 0.25) is 0 Å². The standard InChI is InChI=1S/C6H12N4/c1-2-6-5-10(4-3-7)9-8-6/h5H,2-4,7H2,1H3. The van der Waals surface area contributed by atoms with Crippen molar-refractivity contribution >= 4 is 0 Å². The zero-order chi connectivity index (χ0) is 7.40. The minimum absolute atomic E-state index is 0.618. The zero-order valence-electron chi connectivity index (χ0n) is 6.12. The fourth-order valence-electron chi connectivity index (χ4n) is 0.742. The molecule has 0 fully saturated rings. The van der Waals surface area contributed by atoms with Crippen molar-refractivity contribution < 1.29 is 0 Å². The molecule has 0 aliphatic rings. The number of hydrogen-bond donors (Lipinski definition) is 1. The summed E-state index contributed by atoms with van der Waals surface area (Å²) in [5.74, 6) is 0. The average molecular weight is 140 g/mol. The highest BCUT2D eigenvalue weighted by Crippen LogP contribution is 1.91. The van der Waals surface area contributed by atoms with Crippen molar-refractivity contribution in [2.75, 3.05) is 6.54 Å². The van der Waals surface area contributed by atoms with E-state index in [-0.39, 0.29) is 0 Å². The van der Waals surface area contributed by atoms with Crippen LogP contribution in [0.4, 0.5) is 0 Å². The first-order valence-corrected chi connectivity index (χ1v) is 3.46. The summed E-state index contributed by atoms with van der Waals surface area (Å²) in [6.45, 7) is 3.43. The van der Waals surface area contributed by atoms with Crippen LogP contribution in [0.15, 0.2) is 6.20 Å². The van der Waals surface area contributed by atoms with Gasteiger partial charge in [-0.2, -0.15) is 0 Å². The maximum atomic E-state index is 5.32. The van der Waals surface area contributed by atoms with Crippen LogP contribution in [0, 0.1) is 0 Å². The Hall–Kier alpha value is -0.900. The number of aryl methyl sites for hydroxylation is 1. The summed E-state index contributed by atoms with van der Waals surface area (Å²) in [7, 11) is 0. The Morgan fingerprint density at radius 1 is 1.70 bits per heavy atom. The van der Waals surface area contributed by atoms with E-state index in [0.29, 0.717) is 6.54 Å². The lowest BCUT2D eigenvalue weighted by atomic mass is 10.4. The second-order valence-corrected chi connectivity index (χ2v) is 2.12. The summed E-state index contributed by atoms with van der Waals surface area (Å²) >= 11 is 0. The van der Waals surface area contributed by atoms with Crippen molar-refractivity contribution in [1.29, 1.82) is 0 Å². The van der Waals surface area contributed by atoms with Crippen LogP contribution in [0.25, 0.3) is 0 Å². The van der Waals surface area contributed by atoms with Gasteiger partial charge in [0.25, 0.3) is 0 Å². The lowest BCUT2D eigenvalue weighted by molar-refractivity contribution is 0.598. The second-order valence-electron chi connectivity index (χ2n) is 2.12. The van der Waals surface area contributed by atoms with E-state index in [1.54, 1.807) is 4.68 Å². The molecule has 0 saturated carbocycles. The Morgan fingerprint density at radius 3 is 3.00 bits per heavy atom. The minimum atomic E-state index is 0.618. The number of nitrogens with zero attached hydrogens (tertiary/aromatic N) is 3. The molecule has 0 aromatic carbocycles. The molecule has 4 heteroatoms. The number of rotatable bonds is 3. The zero-order valence-corrected chi connectivity index (χ0v) is 6.12. The normalized spacial score (nSPS) is 10.2. The number of aromatic nitrogens is 3. The maximum Gasteiger partial charge on any atom is 0.0824 e. The molecule has 0 aliphatic heterocycles. The fourth-order valence-corrected chi connectivity index (χ4v) is 0.742. The second kappa shape index (κ2) is 3.31. The van der Waals surface area contributed by atoms with Gasteiger partial charge in [0.15, 0.2) is 0 Å². The lowest BCUT2D eigenvalue weighted by Crippen LogP contribution is -2.10. The van der Waals surface area contributed by atoms with Crippen molar-refractivity contribution in [3.05, 3.63) is 11.9 Å². The van der Waals surface area contributed by atoms with Crippen LogP contribution in [-0.2, 0) is 13.0 Å². The molecule has 0 bridgehead atoms. The molecule has 1 aromatic rings. The van der Waals surface area contributed by atoms with E-state index >= 15 is 0 Å². The Bertz CT molecular complexity index is 193. The van der Waals surface area contributed by atoms with Gasteiger partial charge in [-0.25, -0.2) is 0 Å². The van der Waals surface area contributed by atoms with Crippen LogP contribution in [0.1, 0.15) is 12.6 Å². The quantitative estimate of drug-likeness (QED) is 0.632. The van der Waals surface area contributed by atoms with Crippen molar-refractivity contribution in [3.8, 4) is 0 Å². The van der Waals surface area contributed by atoms with Crippen LogP contribution in [-0.4, -0.2) is 21.5 Å². The highest BCUT2D eigenvalue weighted by Gasteiger charge is 1.94. The topological polar surface area (TPSA) is 56.7 Å². The van der Waals surface area contributed by atoms with Crippen LogP contribution in [0.5, 0.6) is 0 Å². The predicted octanol–water partition coefficient (Wildman–Crippen LogP) is -0.201. The summed E-state index contributed by atoms with van der Waals surface area (Å²) in [5, 5.41) is 7.77. The summed E-state index contributed by atoms with van der Waals surface area (Å²) in [6, 6.07) is 0. The Morgan fingerprint density at radius 2 is 2.50 bits per heavy atom. The third-order valence-electron chi connectivity index (χ3n) is 1.31. The van der Waals surface area contributed by atoms with Crippen LogP contribution >= 0.6 is 0 Å². The summed E-state index contributed by atoms with van der Waals surface area (Å²) < 4.78 is 1.76. The molecule has 0 saturated heterocycles. The molecule has 10 heavy (non-hydrogen) atoms. The molecule has 1 rings (SSSR count). The van der Waals surface area contributed by atoms with E-state index in [0.717, 1.165) is 18.7 Å². The number of nitrogens with two attached hydrogens (primary N) is 1. The maximum absolute atomic E-state index is 5.32.